The quantitative estimate of drug-likeness (QED) is 0.702. The maximum absolute atomic E-state index is 12.5. The van der Waals surface area contributed by atoms with Gasteiger partial charge in [0.1, 0.15) is 11.4 Å². The van der Waals surface area contributed by atoms with E-state index in [9.17, 15) is 13.2 Å². The van der Waals surface area contributed by atoms with Gasteiger partial charge in [-0.1, -0.05) is 35.9 Å². The minimum Gasteiger partial charge on any atom is -0.439 e. The van der Waals surface area contributed by atoms with E-state index < -0.39 is 15.9 Å². The smallest absolute Gasteiger partial charge is 0.269 e. The summed E-state index contributed by atoms with van der Waals surface area (Å²) in [5.74, 6) is -0.0168. The molecule has 25 heavy (non-hydrogen) atoms. The maximum Gasteiger partial charge on any atom is 0.269 e. The molecule has 1 aromatic heterocycles. The molecule has 0 spiro atoms. The third-order valence-corrected chi connectivity index (χ3v) is 5.88. The minimum absolute atomic E-state index is 0.00150. The number of oxazole rings is 1. The van der Waals surface area contributed by atoms with E-state index in [0.717, 1.165) is 4.31 Å². The van der Waals surface area contributed by atoms with Gasteiger partial charge in [-0.2, -0.15) is 0 Å². The molecule has 0 fully saturated rings. The Morgan fingerprint density at radius 1 is 1.12 bits per heavy atom. The average Bonchev–Trinajstić information content (AvgIpc) is 3.14. The molecule has 0 saturated carbocycles. The first-order chi connectivity index (χ1) is 12.0. The van der Waals surface area contributed by atoms with Crippen molar-refractivity contribution < 1.29 is 17.6 Å². The number of carbonyl (C=O) groups is 1. The van der Waals surface area contributed by atoms with Crippen molar-refractivity contribution in [2.24, 2.45) is 0 Å². The summed E-state index contributed by atoms with van der Waals surface area (Å²) in [5, 5.41) is 0.545. The number of carbonyl (C=O) groups excluding carboxylic acids is 1. The molecule has 6 nitrogen and oxygen atoms in total. The number of amides is 1. The lowest BCUT2D eigenvalue weighted by atomic mass is 10.2. The molecule has 126 valence electrons. The van der Waals surface area contributed by atoms with Gasteiger partial charge in [-0.25, -0.2) is 17.7 Å². The molecule has 0 atom stereocenters. The van der Waals surface area contributed by atoms with Gasteiger partial charge in [0, 0.05) is 10.6 Å². The number of hydrogen-bond donors (Lipinski definition) is 0. The number of halogens is 1. The van der Waals surface area contributed by atoms with Gasteiger partial charge in [0.15, 0.2) is 5.76 Å². The zero-order valence-electron chi connectivity index (χ0n) is 12.7. The first kappa shape index (κ1) is 15.9. The van der Waals surface area contributed by atoms with E-state index >= 15 is 0 Å². The Bertz CT molecular complexity index is 1090. The van der Waals surface area contributed by atoms with Gasteiger partial charge in [0.25, 0.3) is 15.9 Å². The molecule has 0 N–H and O–H groups in total. The molecule has 0 radical (unpaired) electrons. The summed E-state index contributed by atoms with van der Waals surface area (Å²) in [6, 6.07) is 13.1. The molecular weight excluding hydrogens is 364 g/mol. The van der Waals surface area contributed by atoms with Crippen LogP contribution in [-0.2, 0) is 16.6 Å². The van der Waals surface area contributed by atoms with Gasteiger partial charge in [-0.3, -0.25) is 4.79 Å². The number of nitrogens with zero attached hydrogens (tertiary/aromatic N) is 2. The second kappa shape index (κ2) is 5.72. The predicted octanol–water partition coefficient (Wildman–Crippen LogP) is 3.34. The third-order valence-electron chi connectivity index (χ3n) is 3.85. The number of aromatic nitrogens is 1. The Labute approximate surface area is 148 Å². The van der Waals surface area contributed by atoms with E-state index in [-0.39, 0.29) is 22.9 Å². The van der Waals surface area contributed by atoms with Crippen LogP contribution in [0.25, 0.3) is 11.3 Å². The van der Waals surface area contributed by atoms with E-state index in [0.29, 0.717) is 16.3 Å². The summed E-state index contributed by atoms with van der Waals surface area (Å²) >= 11 is 5.95. The zero-order chi connectivity index (χ0) is 17.6. The molecule has 3 aromatic rings. The standard InChI is InChI=1S/C17H11ClN2O4S/c18-12-5-3-4-11(8-12)14-9-19-16(24-14)10-20-17(21)13-6-1-2-7-15(13)25(20,22)23/h1-9H,10H2. The Balaban J connectivity index is 1.65. The van der Waals surface area contributed by atoms with Crippen molar-refractivity contribution in [3.63, 3.8) is 0 Å². The summed E-state index contributed by atoms with van der Waals surface area (Å²) in [6.45, 7) is -0.267. The Hall–Kier alpha value is -2.64. The van der Waals surface area contributed by atoms with Gasteiger partial charge in [-0.15, -0.1) is 0 Å². The van der Waals surface area contributed by atoms with Crippen LogP contribution in [0.2, 0.25) is 5.02 Å². The van der Waals surface area contributed by atoms with E-state index in [1.54, 1.807) is 36.4 Å². The second-order valence-electron chi connectivity index (χ2n) is 5.44. The fraction of sp³-hybridized carbons (Fsp3) is 0.0588. The average molecular weight is 375 g/mol. The van der Waals surface area contributed by atoms with Crippen LogP contribution in [0, 0.1) is 0 Å². The lowest BCUT2D eigenvalue weighted by molar-refractivity contribution is 0.0857. The summed E-state index contributed by atoms with van der Waals surface area (Å²) in [5.41, 5.74) is 0.870. The van der Waals surface area contributed by atoms with Crippen LogP contribution in [0.5, 0.6) is 0 Å². The Kier molecular flexibility index (Phi) is 3.63. The Morgan fingerprint density at radius 2 is 1.92 bits per heavy atom. The molecule has 8 heteroatoms. The molecule has 0 saturated heterocycles. The minimum atomic E-state index is -3.89. The molecule has 0 unspecified atom stereocenters. The lowest BCUT2D eigenvalue weighted by Crippen LogP contribution is -2.29. The highest BCUT2D eigenvalue weighted by atomic mass is 35.5. The molecule has 2 aromatic carbocycles. The highest BCUT2D eigenvalue weighted by molar-refractivity contribution is 7.90. The SMILES string of the molecule is O=C1c2ccccc2S(=O)(=O)N1Cc1ncc(-c2cccc(Cl)c2)o1. The van der Waals surface area contributed by atoms with Crippen molar-refractivity contribution in [3.05, 3.63) is 71.2 Å². The van der Waals surface area contributed by atoms with Crippen LogP contribution >= 0.6 is 11.6 Å². The van der Waals surface area contributed by atoms with E-state index in [1.165, 1.54) is 18.3 Å². The summed E-state index contributed by atoms with van der Waals surface area (Å²) in [6.07, 6.45) is 1.47. The first-order valence-corrected chi connectivity index (χ1v) is 9.15. The van der Waals surface area contributed by atoms with Crippen molar-refractivity contribution in [3.8, 4) is 11.3 Å². The van der Waals surface area contributed by atoms with Gasteiger partial charge in [0.05, 0.1) is 11.8 Å². The molecule has 1 amide bonds. The van der Waals surface area contributed by atoms with Gasteiger partial charge < -0.3 is 4.42 Å². The second-order valence-corrected chi connectivity index (χ2v) is 7.71. The first-order valence-electron chi connectivity index (χ1n) is 7.33. The van der Waals surface area contributed by atoms with Crippen molar-refractivity contribution in [1.29, 1.82) is 0 Å². The summed E-state index contributed by atoms with van der Waals surface area (Å²) in [7, 11) is -3.89. The van der Waals surface area contributed by atoms with Crippen molar-refractivity contribution in [2.75, 3.05) is 0 Å². The molecule has 1 aliphatic rings. The lowest BCUT2D eigenvalue weighted by Gasteiger charge is -2.12. The Morgan fingerprint density at radius 3 is 2.68 bits per heavy atom. The highest BCUT2D eigenvalue weighted by Gasteiger charge is 2.41. The topological polar surface area (TPSA) is 80.5 Å². The molecule has 0 aliphatic carbocycles. The van der Waals surface area contributed by atoms with Crippen molar-refractivity contribution >= 4 is 27.5 Å². The zero-order valence-corrected chi connectivity index (χ0v) is 14.3. The van der Waals surface area contributed by atoms with Crippen LogP contribution < -0.4 is 0 Å². The fourth-order valence-corrected chi connectivity index (χ4v) is 4.38. The van der Waals surface area contributed by atoms with Gasteiger partial charge in [-0.05, 0) is 24.3 Å². The maximum atomic E-state index is 12.5. The van der Waals surface area contributed by atoms with Crippen molar-refractivity contribution in [2.45, 2.75) is 11.4 Å². The number of rotatable bonds is 3. The predicted molar refractivity (Wildman–Crippen MR) is 90.5 cm³/mol. The monoisotopic (exact) mass is 374 g/mol. The van der Waals surface area contributed by atoms with Crippen molar-refractivity contribution in [1.82, 2.24) is 9.29 Å². The summed E-state index contributed by atoms with van der Waals surface area (Å²) in [4.78, 5) is 16.5. The van der Waals surface area contributed by atoms with Crippen LogP contribution in [0.3, 0.4) is 0 Å². The molecule has 4 rings (SSSR count). The molecule has 2 heterocycles. The van der Waals surface area contributed by atoms with E-state index in [2.05, 4.69) is 4.98 Å². The van der Waals surface area contributed by atoms with E-state index in [4.69, 9.17) is 16.0 Å². The largest absolute Gasteiger partial charge is 0.439 e. The highest BCUT2D eigenvalue weighted by Crippen LogP contribution is 2.32. The van der Waals surface area contributed by atoms with Crippen LogP contribution in [0.15, 0.2) is 64.0 Å². The van der Waals surface area contributed by atoms with E-state index in [1.807, 2.05) is 0 Å². The third kappa shape index (κ3) is 2.61. The number of sulfonamides is 1. The molecule has 1 aliphatic heterocycles. The normalized spacial score (nSPS) is 15.4. The van der Waals surface area contributed by atoms with Gasteiger partial charge >= 0.3 is 0 Å². The van der Waals surface area contributed by atoms with Gasteiger partial charge in [0.2, 0.25) is 5.89 Å². The number of fused-ring (bicyclic) bond motifs is 1. The van der Waals surface area contributed by atoms with Crippen LogP contribution in [0.1, 0.15) is 16.2 Å². The van der Waals surface area contributed by atoms with Crippen LogP contribution in [-0.4, -0.2) is 23.6 Å². The van der Waals surface area contributed by atoms with Crippen LogP contribution in [0.4, 0.5) is 0 Å². The number of benzene rings is 2. The fourth-order valence-electron chi connectivity index (χ4n) is 2.67. The molecule has 0 bridgehead atoms. The molecular formula is C17H11ClN2O4S. The number of hydrogen-bond acceptors (Lipinski definition) is 5. The summed E-state index contributed by atoms with van der Waals surface area (Å²) < 4.78 is 31.4.